The van der Waals surface area contributed by atoms with Gasteiger partial charge in [-0.15, -0.1) is 0 Å². The average Bonchev–Trinajstić information content (AvgIpc) is 3.25. The van der Waals surface area contributed by atoms with Crippen molar-refractivity contribution >= 4 is 33.1 Å². The third-order valence-electron chi connectivity index (χ3n) is 5.39. The summed E-state index contributed by atoms with van der Waals surface area (Å²) in [5.41, 5.74) is 2.09. The second-order valence-corrected chi connectivity index (χ2v) is 7.64. The van der Waals surface area contributed by atoms with E-state index in [1.54, 1.807) is 10.7 Å². The van der Waals surface area contributed by atoms with Gasteiger partial charge in [0.15, 0.2) is 22.5 Å². The maximum atomic E-state index is 13.0. The van der Waals surface area contributed by atoms with Gasteiger partial charge in [-0.3, -0.25) is 19.4 Å². The molecule has 0 aliphatic heterocycles. The number of nitrogens with zero attached hydrogens (tertiary/aromatic N) is 1. The molecule has 5 aromatic rings. The number of aromatic hydroxyl groups is 2. The van der Waals surface area contributed by atoms with Crippen LogP contribution in [0.15, 0.2) is 44.3 Å². The van der Waals surface area contributed by atoms with Crippen LogP contribution in [0.4, 0.5) is 0 Å². The minimum Gasteiger partial charge on any atom is -0.504 e. The Labute approximate surface area is 174 Å². The lowest BCUT2D eigenvalue weighted by Crippen LogP contribution is -2.07. The highest BCUT2D eigenvalue weighted by atomic mass is 16.5. The highest BCUT2D eigenvalue weighted by Crippen LogP contribution is 2.44. The van der Waals surface area contributed by atoms with E-state index in [0.717, 1.165) is 0 Å². The smallest absolute Gasteiger partial charge is 0.274 e. The number of fused-ring (bicyclic) bond motifs is 4. The molecule has 2 aromatic carbocycles. The lowest BCUT2D eigenvalue weighted by atomic mass is 10.0. The van der Waals surface area contributed by atoms with E-state index < -0.39 is 11.5 Å². The van der Waals surface area contributed by atoms with Crippen molar-refractivity contribution in [3.05, 3.63) is 50.9 Å². The summed E-state index contributed by atoms with van der Waals surface area (Å²) in [6, 6.07) is 7.28. The third-order valence-corrected chi connectivity index (χ3v) is 5.39. The van der Waals surface area contributed by atoms with Gasteiger partial charge in [-0.1, -0.05) is 0 Å². The molecule has 9 heteroatoms. The highest BCUT2D eigenvalue weighted by molar-refractivity contribution is 6.14. The number of nitrogens with one attached hydrogen (secondary N) is 2. The van der Waals surface area contributed by atoms with E-state index in [0.29, 0.717) is 44.2 Å². The van der Waals surface area contributed by atoms with E-state index in [2.05, 4.69) is 10.1 Å². The van der Waals surface area contributed by atoms with Crippen molar-refractivity contribution in [1.29, 1.82) is 0 Å². The first-order valence-electron chi connectivity index (χ1n) is 9.63. The van der Waals surface area contributed by atoms with E-state index in [-0.39, 0.29) is 22.8 Å². The van der Waals surface area contributed by atoms with Crippen LogP contribution in [0.5, 0.6) is 17.2 Å². The number of hydrogen-bond donors (Lipinski definition) is 4. The molecule has 3 heterocycles. The first-order valence-corrected chi connectivity index (χ1v) is 9.63. The molecule has 0 fully saturated rings. The van der Waals surface area contributed by atoms with Crippen molar-refractivity contribution in [2.75, 3.05) is 7.11 Å². The number of furan rings is 1. The van der Waals surface area contributed by atoms with Gasteiger partial charge in [0.05, 0.1) is 18.0 Å². The van der Waals surface area contributed by atoms with Crippen molar-refractivity contribution < 1.29 is 19.4 Å². The molecule has 31 heavy (non-hydrogen) atoms. The zero-order valence-electron chi connectivity index (χ0n) is 16.9. The molecule has 0 aliphatic rings. The van der Waals surface area contributed by atoms with Gasteiger partial charge in [0.1, 0.15) is 11.2 Å². The summed E-state index contributed by atoms with van der Waals surface area (Å²) < 4.78 is 12.9. The van der Waals surface area contributed by atoms with Gasteiger partial charge in [0.25, 0.3) is 5.56 Å². The fourth-order valence-corrected chi connectivity index (χ4v) is 3.97. The van der Waals surface area contributed by atoms with Gasteiger partial charge < -0.3 is 24.4 Å². The number of methoxy groups -OCH3 is 1. The standard InChI is InChI=1S/C22H19N3O6/c1-9(2)25-21-17(22(29)24-25)16(10-6-13(27)19(28)15(7-10)30-3)20-18(23-21)12-5-4-11(26)8-14(12)31-20/h4-9,23,27-28H,1-3H3,(H,24,29). The number of phenols is 2. The van der Waals surface area contributed by atoms with Gasteiger partial charge in [0.2, 0.25) is 5.75 Å². The summed E-state index contributed by atoms with van der Waals surface area (Å²) in [6.07, 6.45) is 0. The largest absolute Gasteiger partial charge is 0.504 e. The van der Waals surface area contributed by atoms with Gasteiger partial charge in [-0.2, -0.15) is 0 Å². The van der Waals surface area contributed by atoms with Crippen LogP contribution in [-0.4, -0.2) is 32.1 Å². The molecule has 0 atom stereocenters. The zero-order valence-corrected chi connectivity index (χ0v) is 16.9. The minimum absolute atomic E-state index is 0.0433. The number of benzene rings is 2. The molecule has 0 amide bonds. The van der Waals surface area contributed by atoms with E-state index >= 15 is 0 Å². The minimum atomic E-state index is -0.407. The summed E-state index contributed by atoms with van der Waals surface area (Å²) in [4.78, 5) is 28.1. The first-order chi connectivity index (χ1) is 14.8. The van der Waals surface area contributed by atoms with Crippen LogP contribution in [0.3, 0.4) is 0 Å². The lowest BCUT2D eigenvalue weighted by molar-refractivity contribution is 0.351. The predicted molar refractivity (Wildman–Crippen MR) is 116 cm³/mol. The SMILES string of the molecule is COc1cc(-c2c3oc4cc(=O)ccc4c3[nH]c3c2c(=O)[nH]n3C(C)C)cc(O)c1O. The summed E-state index contributed by atoms with van der Waals surface area (Å²) >= 11 is 0. The molecule has 0 saturated heterocycles. The molecule has 9 nitrogen and oxygen atoms in total. The van der Waals surface area contributed by atoms with E-state index in [1.165, 1.54) is 31.4 Å². The zero-order chi connectivity index (χ0) is 22.0. The van der Waals surface area contributed by atoms with Crippen molar-refractivity contribution in [2.45, 2.75) is 19.9 Å². The molecule has 0 bridgehead atoms. The second kappa shape index (κ2) is 6.43. The third kappa shape index (κ3) is 2.63. The molecule has 0 aliphatic carbocycles. The van der Waals surface area contributed by atoms with Crippen LogP contribution < -0.4 is 15.7 Å². The fourth-order valence-electron chi connectivity index (χ4n) is 3.97. The van der Waals surface area contributed by atoms with E-state index in [1.807, 2.05) is 13.8 Å². The van der Waals surface area contributed by atoms with Gasteiger partial charge in [0, 0.05) is 23.1 Å². The highest BCUT2D eigenvalue weighted by Gasteiger charge is 2.24. The maximum Gasteiger partial charge on any atom is 0.274 e. The molecule has 0 unspecified atom stereocenters. The fraction of sp³-hybridized carbons (Fsp3) is 0.182. The molecule has 3 aromatic heterocycles. The van der Waals surface area contributed by atoms with Crippen LogP contribution in [-0.2, 0) is 0 Å². The molecule has 158 valence electrons. The molecular formula is C22H19N3O6. The second-order valence-electron chi connectivity index (χ2n) is 7.64. The normalized spacial score (nSPS) is 11.9. The Bertz CT molecular complexity index is 1620. The van der Waals surface area contributed by atoms with Crippen molar-refractivity contribution in [3.63, 3.8) is 0 Å². The van der Waals surface area contributed by atoms with Crippen LogP contribution >= 0.6 is 0 Å². The maximum absolute atomic E-state index is 13.0. The Morgan fingerprint density at radius 1 is 1.13 bits per heavy atom. The van der Waals surface area contributed by atoms with Crippen LogP contribution in [0.2, 0.25) is 0 Å². The van der Waals surface area contributed by atoms with Gasteiger partial charge in [-0.25, -0.2) is 0 Å². The first kappa shape index (κ1) is 18.9. The number of hydrogen-bond acceptors (Lipinski definition) is 6. The number of rotatable bonds is 3. The van der Waals surface area contributed by atoms with Gasteiger partial charge >= 0.3 is 0 Å². The number of pyridine rings is 1. The van der Waals surface area contributed by atoms with E-state index in [9.17, 15) is 19.8 Å². The number of aromatic amines is 2. The molecule has 0 saturated carbocycles. The number of H-pyrrole nitrogens is 2. The topological polar surface area (TPSA) is 133 Å². The molecular weight excluding hydrogens is 402 g/mol. The van der Waals surface area contributed by atoms with Crippen molar-refractivity contribution in [3.8, 4) is 28.4 Å². The Kier molecular flexibility index (Phi) is 3.91. The van der Waals surface area contributed by atoms with Gasteiger partial charge in [-0.05, 0) is 43.7 Å². The lowest BCUT2D eigenvalue weighted by Gasteiger charge is -2.12. The van der Waals surface area contributed by atoms with Crippen molar-refractivity contribution in [1.82, 2.24) is 14.8 Å². The van der Waals surface area contributed by atoms with Crippen LogP contribution in [0.1, 0.15) is 19.9 Å². The summed E-state index contributed by atoms with van der Waals surface area (Å²) in [5.74, 6) is -0.765. The number of aromatic nitrogens is 3. The molecule has 0 radical (unpaired) electrons. The summed E-state index contributed by atoms with van der Waals surface area (Å²) in [5, 5.41) is 24.1. The Morgan fingerprint density at radius 2 is 1.90 bits per heavy atom. The monoisotopic (exact) mass is 421 g/mol. The Balaban J connectivity index is 2.04. The quantitative estimate of drug-likeness (QED) is 0.329. The molecule has 4 N–H and O–H groups in total. The van der Waals surface area contributed by atoms with Crippen molar-refractivity contribution in [2.24, 2.45) is 0 Å². The Morgan fingerprint density at radius 3 is 2.61 bits per heavy atom. The molecule has 0 spiro atoms. The Hall–Kier alpha value is -4.14. The van der Waals surface area contributed by atoms with Crippen LogP contribution in [0, 0.1) is 0 Å². The van der Waals surface area contributed by atoms with E-state index in [4.69, 9.17) is 9.15 Å². The van der Waals surface area contributed by atoms with Crippen LogP contribution in [0.25, 0.3) is 44.2 Å². The summed E-state index contributed by atoms with van der Waals surface area (Å²) in [7, 11) is 1.36. The molecule has 5 rings (SSSR count). The average molecular weight is 421 g/mol. The number of phenolic OH excluding ortho intramolecular Hbond substituents is 2. The predicted octanol–water partition coefficient (Wildman–Crippen LogP) is 3.59. The summed E-state index contributed by atoms with van der Waals surface area (Å²) in [6.45, 7) is 3.86. The number of ether oxygens (including phenoxy) is 1.